The van der Waals surface area contributed by atoms with E-state index < -0.39 is 11.6 Å². The standard InChI is InChI=1S/C14H13ClF2N2O/c1-2-20-14-7-13(11(18)6-10(14)17)19-12-5-8(16)3-4-9(12)15/h3-7,19H,2,18H2,1H3. The minimum absolute atomic E-state index is 0.0664. The summed E-state index contributed by atoms with van der Waals surface area (Å²) < 4.78 is 31.9. The Labute approximate surface area is 120 Å². The van der Waals surface area contributed by atoms with Crippen molar-refractivity contribution in [2.24, 2.45) is 0 Å². The predicted octanol–water partition coefficient (Wildman–Crippen LogP) is 4.34. The van der Waals surface area contributed by atoms with E-state index >= 15 is 0 Å². The van der Waals surface area contributed by atoms with Crippen LogP contribution in [-0.4, -0.2) is 6.61 Å². The molecule has 0 aromatic heterocycles. The molecule has 2 aromatic carbocycles. The predicted molar refractivity (Wildman–Crippen MR) is 76.7 cm³/mol. The molecule has 106 valence electrons. The van der Waals surface area contributed by atoms with Crippen LogP contribution in [-0.2, 0) is 0 Å². The van der Waals surface area contributed by atoms with Crippen molar-refractivity contribution in [3.05, 3.63) is 47.0 Å². The molecule has 20 heavy (non-hydrogen) atoms. The van der Waals surface area contributed by atoms with Gasteiger partial charge in [0.25, 0.3) is 0 Å². The van der Waals surface area contributed by atoms with Gasteiger partial charge in [-0.15, -0.1) is 0 Å². The molecule has 0 bridgehead atoms. The highest BCUT2D eigenvalue weighted by molar-refractivity contribution is 6.33. The largest absolute Gasteiger partial charge is 0.491 e. The van der Waals surface area contributed by atoms with Crippen molar-refractivity contribution in [2.75, 3.05) is 17.7 Å². The average Bonchev–Trinajstić information content (AvgIpc) is 2.39. The van der Waals surface area contributed by atoms with Crippen molar-refractivity contribution in [3.63, 3.8) is 0 Å². The summed E-state index contributed by atoms with van der Waals surface area (Å²) in [6.45, 7) is 2.06. The minimum Gasteiger partial charge on any atom is -0.491 e. The van der Waals surface area contributed by atoms with Gasteiger partial charge in [0.1, 0.15) is 5.82 Å². The summed E-state index contributed by atoms with van der Waals surface area (Å²) in [5.74, 6) is -0.931. The maximum Gasteiger partial charge on any atom is 0.167 e. The Morgan fingerprint density at radius 1 is 1.20 bits per heavy atom. The second kappa shape index (κ2) is 5.96. The molecule has 6 heteroatoms. The van der Waals surface area contributed by atoms with E-state index in [1.807, 2.05) is 0 Å². The number of nitrogens with two attached hydrogens (primary N) is 1. The third-order valence-corrected chi connectivity index (χ3v) is 2.93. The van der Waals surface area contributed by atoms with E-state index in [2.05, 4.69) is 5.32 Å². The van der Waals surface area contributed by atoms with Gasteiger partial charge in [-0.25, -0.2) is 8.78 Å². The number of hydrogen-bond acceptors (Lipinski definition) is 3. The zero-order chi connectivity index (χ0) is 14.7. The lowest BCUT2D eigenvalue weighted by molar-refractivity contribution is 0.322. The molecule has 3 N–H and O–H groups in total. The van der Waals surface area contributed by atoms with Crippen LogP contribution in [0.25, 0.3) is 0 Å². The first kappa shape index (κ1) is 14.4. The Hall–Kier alpha value is -2.01. The van der Waals surface area contributed by atoms with Gasteiger partial charge in [0.2, 0.25) is 0 Å². The van der Waals surface area contributed by atoms with Crippen LogP contribution >= 0.6 is 11.6 Å². The molecular formula is C14H13ClF2N2O. The minimum atomic E-state index is -0.555. The number of nitrogens with one attached hydrogen (secondary N) is 1. The van der Waals surface area contributed by atoms with E-state index in [9.17, 15) is 8.78 Å². The molecule has 0 heterocycles. The Balaban J connectivity index is 2.37. The molecule has 0 aliphatic heterocycles. The molecule has 2 aromatic rings. The second-order valence-corrected chi connectivity index (χ2v) is 4.46. The smallest absolute Gasteiger partial charge is 0.167 e. The summed E-state index contributed by atoms with van der Waals surface area (Å²) in [7, 11) is 0. The number of benzene rings is 2. The van der Waals surface area contributed by atoms with Crippen molar-refractivity contribution >= 4 is 28.7 Å². The van der Waals surface area contributed by atoms with Gasteiger partial charge in [-0.2, -0.15) is 0 Å². The van der Waals surface area contributed by atoms with Crippen LogP contribution in [0.4, 0.5) is 25.8 Å². The topological polar surface area (TPSA) is 47.3 Å². The van der Waals surface area contributed by atoms with E-state index in [0.717, 1.165) is 6.07 Å². The van der Waals surface area contributed by atoms with E-state index in [4.69, 9.17) is 22.1 Å². The van der Waals surface area contributed by atoms with Crippen LogP contribution in [0, 0.1) is 11.6 Å². The summed E-state index contributed by atoms with van der Waals surface area (Å²) >= 11 is 5.96. The van der Waals surface area contributed by atoms with Crippen LogP contribution < -0.4 is 15.8 Å². The van der Waals surface area contributed by atoms with Crippen molar-refractivity contribution in [2.45, 2.75) is 6.92 Å². The molecule has 3 nitrogen and oxygen atoms in total. The summed E-state index contributed by atoms with van der Waals surface area (Å²) in [6.07, 6.45) is 0. The Bertz CT molecular complexity index is 635. The van der Waals surface area contributed by atoms with Gasteiger partial charge in [-0.05, 0) is 25.1 Å². The molecule has 0 aliphatic carbocycles. The molecule has 0 unspecified atom stereocenters. The highest BCUT2D eigenvalue weighted by Gasteiger charge is 2.11. The van der Waals surface area contributed by atoms with Crippen molar-refractivity contribution < 1.29 is 13.5 Å². The van der Waals surface area contributed by atoms with Gasteiger partial charge in [0.15, 0.2) is 11.6 Å². The molecule has 0 spiro atoms. The fourth-order valence-electron chi connectivity index (χ4n) is 1.68. The zero-order valence-corrected chi connectivity index (χ0v) is 11.5. The first-order valence-corrected chi connectivity index (χ1v) is 6.33. The van der Waals surface area contributed by atoms with E-state index in [0.29, 0.717) is 23.0 Å². The summed E-state index contributed by atoms with van der Waals surface area (Å²) in [6, 6.07) is 6.44. The molecule has 2 rings (SSSR count). The number of ether oxygens (including phenoxy) is 1. The van der Waals surface area contributed by atoms with E-state index in [1.54, 1.807) is 6.92 Å². The van der Waals surface area contributed by atoms with Crippen molar-refractivity contribution in [3.8, 4) is 5.75 Å². The fraction of sp³-hybridized carbons (Fsp3) is 0.143. The van der Waals surface area contributed by atoms with Gasteiger partial charge in [-0.3, -0.25) is 0 Å². The van der Waals surface area contributed by atoms with Crippen LogP contribution in [0.5, 0.6) is 5.75 Å². The normalized spacial score (nSPS) is 10.4. The van der Waals surface area contributed by atoms with E-state index in [-0.39, 0.29) is 11.4 Å². The van der Waals surface area contributed by atoms with E-state index in [1.165, 1.54) is 24.3 Å². The van der Waals surface area contributed by atoms with Gasteiger partial charge in [0, 0.05) is 12.1 Å². The monoisotopic (exact) mass is 298 g/mol. The maximum absolute atomic E-state index is 13.6. The van der Waals surface area contributed by atoms with Gasteiger partial charge < -0.3 is 15.8 Å². The fourth-order valence-corrected chi connectivity index (χ4v) is 1.85. The molecule has 0 radical (unpaired) electrons. The highest BCUT2D eigenvalue weighted by atomic mass is 35.5. The summed E-state index contributed by atoms with van der Waals surface area (Å²) in [5, 5.41) is 3.19. The first-order chi connectivity index (χ1) is 9.51. The molecule has 0 atom stereocenters. The lowest BCUT2D eigenvalue weighted by Crippen LogP contribution is -2.01. The zero-order valence-electron chi connectivity index (χ0n) is 10.7. The van der Waals surface area contributed by atoms with Crippen LogP contribution in [0.2, 0.25) is 5.02 Å². The van der Waals surface area contributed by atoms with Crippen molar-refractivity contribution in [1.29, 1.82) is 0 Å². The number of hydrogen-bond donors (Lipinski definition) is 2. The van der Waals surface area contributed by atoms with Gasteiger partial charge >= 0.3 is 0 Å². The Morgan fingerprint density at radius 2 is 1.95 bits per heavy atom. The summed E-state index contributed by atoms with van der Waals surface area (Å²) in [4.78, 5) is 0. The van der Waals surface area contributed by atoms with Crippen LogP contribution in [0.1, 0.15) is 6.92 Å². The van der Waals surface area contributed by atoms with Gasteiger partial charge in [-0.1, -0.05) is 11.6 Å². The molecule has 0 saturated carbocycles. The number of rotatable bonds is 4. The third kappa shape index (κ3) is 3.11. The third-order valence-electron chi connectivity index (χ3n) is 2.60. The van der Waals surface area contributed by atoms with Crippen molar-refractivity contribution in [1.82, 2.24) is 0 Å². The van der Waals surface area contributed by atoms with Crippen LogP contribution in [0.3, 0.4) is 0 Å². The number of nitrogen functional groups attached to an aromatic ring is 1. The molecular weight excluding hydrogens is 286 g/mol. The lowest BCUT2D eigenvalue weighted by atomic mass is 10.2. The second-order valence-electron chi connectivity index (χ2n) is 4.05. The lowest BCUT2D eigenvalue weighted by Gasteiger charge is -2.13. The Morgan fingerprint density at radius 3 is 2.65 bits per heavy atom. The quantitative estimate of drug-likeness (QED) is 0.825. The average molecular weight is 299 g/mol. The van der Waals surface area contributed by atoms with Crippen LogP contribution in [0.15, 0.2) is 30.3 Å². The Kier molecular flexibility index (Phi) is 4.29. The molecule has 0 aliphatic rings. The molecule has 0 saturated heterocycles. The molecule has 0 fully saturated rings. The first-order valence-electron chi connectivity index (χ1n) is 5.95. The molecule has 0 amide bonds. The number of halogens is 3. The SMILES string of the molecule is CCOc1cc(Nc2cc(F)ccc2Cl)c(N)cc1F. The maximum atomic E-state index is 13.6. The summed E-state index contributed by atoms with van der Waals surface area (Å²) in [5.41, 5.74) is 6.63. The highest BCUT2D eigenvalue weighted by Crippen LogP contribution is 2.33. The van der Waals surface area contributed by atoms with Gasteiger partial charge in [0.05, 0.1) is 28.7 Å². The number of anilines is 3.